The van der Waals surface area contributed by atoms with Gasteiger partial charge in [0.15, 0.2) is 5.82 Å². The van der Waals surface area contributed by atoms with Gasteiger partial charge in [-0.05, 0) is 88.5 Å². The minimum Gasteiger partial charge on any atom is -0.485 e. The lowest BCUT2D eigenvalue weighted by molar-refractivity contribution is 0.141. The summed E-state index contributed by atoms with van der Waals surface area (Å²) < 4.78 is 20.8. The van der Waals surface area contributed by atoms with E-state index in [1.165, 1.54) is 49.0 Å². The first-order valence-corrected chi connectivity index (χ1v) is 22.2. The summed E-state index contributed by atoms with van der Waals surface area (Å²) >= 11 is 1.80. The van der Waals surface area contributed by atoms with Crippen LogP contribution in [0.4, 0.5) is 0 Å². The highest BCUT2D eigenvalue weighted by molar-refractivity contribution is 7.70. The fourth-order valence-corrected chi connectivity index (χ4v) is 11.8. The van der Waals surface area contributed by atoms with E-state index < -0.39 is 12.6 Å². The van der Waals surface area contributed by atoms with Crippen molar-refractivity contribution in [3.63, 3.8) is 0 Å². The van der Waals surface area contributed by atoms with Gasteiger partial charge in [-0.15, -0.1) is 11.3 Å². The van der Waals surface area contributed by atoms with Crippen molar-refractivity contribution in [2.75, 3.05) is 13.3 Å². The Labute approximate surface area is 319 Å². The van der Waals surface area contributed by atoms with E-state index in [-0.39, 0.29) is 12.0 Å². The Morgan fingerprint density at radius 3 is 2.48 bits per heavy atom. The van der Waals surface area contributed by atoms with Crippen LogP contribution in [0.15, 0.2) is 134 Å². The molecule has 3 aliphatic carbocycles. The minimum atomic E-state index is -2.40. The van der Waals surface area contributed by atoms with Crippen LogP contribution in [0, 0.1) is 5.92 Å². The van der Waals surface area contributed by atoms with E-state index in [1.807, 2.05) is 37.6 Å². The van der Waals surface area contributed by atoms with Crippen LogP contribution in [0.25, 0.3) is 60.8 Å². The molecule has 1 aliphatic heterocycles. The molecule has 6 heteroatoms. The predicted molar refractivity (Wildman–Crippen MR) is 225 cm³/mol. The summed E-state index contributed by atoms with van der Waals surface area (Å²) in [5.41, 5.74) is 11.2. The summed E-state index contributed by atoms with van der Waals surface area (Å²) in [6, 6.07) is 37.2. The maximum Gasteiger partial charge on any atom is 0.160 e. The van der Waals surface area contributed by atoms with Crippen LogP contribution in [0.1, 0.15) is 46.4 Å². The molecule has 0 bridgehead atoms. The Kier molecular flexibility index (Phi) is 6.88. The number of ether oxygens (including phenoxy) is 1. The summed E-state index contributed by atoms with van der Waals surface area (Å²) in [5.74, 6) is 2.02. The molecular weight excluding hydrogens is 700 g/mol. The number of rotatable bonds is 3. The van der Waals surface area contributed by atoms with E-state index in [1.54, 1.807) is 11.3 Å². The van der Waals surface area contributed by atoms with Gasteiger partial charge in [-0.1, -0.05) is 122 Å². The van der Waals surface area contributed by atoms with E-state index in [0.717, 1.165) is 44.5 Å². The van der Waals surface area contributed by atoms with Crippen molar-refractivity contribution in [1.29, 1.82) is 0 Å². The molecule has 0 saturated carbocycles. The van der Waals surface area contributed by atoms with Gasteiger partial charge in [-0.2, -0.15) is 0 Å². The Bertz CT molecular complexity index is 2880. The third-order valence-corrected chi connectivity index (χ3v) is 14.8. The average molecular weight is 737 g/mol. The molecule has 54 heavy (non-hydrogen) atoms. The van der Waals surface area contributed by atoms with Crippen LogP contribution in [0.2, 0.25) is 0 Å². The first kappa shape index (κ1) is 32.1. The van der Waals surface area contributed by atoms with E-state index in [4.69, 9.17) is 14.7 Å². The van der Waals surface area contributed by atoms with Gasteiger partial charge < -0.3 is 9.30 Å². The van der Waals surface area contributed by atoms with Gasteiger partial charge in [-0.25, -0.2) is 9.97 Å². The molecule has 7 aromatic rings. The third kappa shape index (κ3) is 4.46. The van der Waals surface area contributed by atoms with E-state index in [9.17, 15) is 4.57 Å². The fourth-order valence-electron chi connectivity index (χ4n) is 9.63. The first-order valence-electron chi connectivity index (χ1n) is 18.8. The summed E-state index contributed by atoms with van der Waals surface area (Å²) in [5, 5.41) is 3.36. The number of thiophene rings is 1. The molecule has 262 valence electrons. The number of allylic oxidation sites excluding steroid dienone is 3. The second-order valence-electron chi connectivity index (χ2n) is 15.5. The molecule has 0 N–H and O–H groups in total. The number of hydrogen-bond acceptors (Lipinski definition) is 5. The van der Waals surface area contributed by atoms with Crippen molar-refractivity contribution >= 4 is 50.8 Å². The molecule has 0 fully saturated rings. The molecule has 2 aromatic heterocycles. The van der Waals surface area contributed by atoms with Crippen molar-refractivity contribution < 1.29 is 9.30 Å². The van der Waals surface area contributed by atoms with Gasteiger partial charge in [0.2, 0.25) is 0 Å². The van der Waals surface area contributed by atoms with Crippen molar-refractivity contribution in [3.05, 3.63) is 161 Å². The molecule has 0 amide bonds. The van der Waals surface area contributed by atoms with Crippen LogP contribution in [-0.2, 0) is 9.98 Å². The number of aromatic nitrogens is 2. The smallest absolute Gasteiger partial charge is 0.160 e. The van der Waals surface area contributed by atoms with Crippen LogP contribution in [0.3, 0.4) is 0 Å². The predicted octanol–water partition coefficient (Wildman–Crippen LogP) is 11.8. The van der Waals surface area contributed by atoms with Crippen LogP contribution >= 0.6 is 18.5 Å². The van der Waals surface area contributed by atoms with Gasteiger partial charge in [0, 0.05) is 32.8 Å². The highest BCUT2D eigenvalue weighted by Gasteiger charge is 2.56. The zero-order valence-corrected chi connectivity index (χ0v) is 32.0. The maximum atomic E-state index is 12.9. The number of para-hydroxylation sites is 1. The molecule has 4 unspecified atom stereocenters. The molecule has 4 atom stereocenters. The third-order valence-electron chi connectivity index (χ3n) is 12.1. The largest absolute Gasteiger partial charge is 0.485 e. The van der Waals surface area contributed by atoms with Crippen molar-refractivity contribution in [2.45, 2.75) is 30.8 Å². The molecule has 0 saturated heterocycles. The lowest BCUT2D eigenvalue weighted by Crippen LogP contribution is -2.47. The molecule has 0 radical (unpaired) electrons. The quantitative estimate of drug-likeness (QED) is 0.170. The van der Waals surface area contributed by atoms with Crippen LogP contribution in [-0.4, -0.2) is 29.4 Å². The van der Waals surface area contributed by atoms with Crippen molar-refractivity contribution in [3.8, 4) is 39.5 Å². The summed E-state index contributed by atoms with van der Waals surface area (Å²) in [7, 11) is -2.40. The maximum absolute atomic E-state index is 12.9. The topological polar surface area (TPSA) is 52.1 Å². The number of fused-ring (bicyclic) bond motifs is 14. The highest BCUT2D eigenvalue weighted by Crippen LogP contribution is 2.63. The fraction of sp³-hybridized carbons (Fsp3) is 0.167. The molecule has 4 aliphatic rings. The van der Waals surface area contributed by atoms with Gasteiger partial charge in [0.1, 0.15) is 19.0 Å². The van der Waals surface area contributed by atoms with E-state index in [2.05, 4.69) is 122 Å². The van der Waals surface area contributed by atoms with Crippen molar-refractivity contribution in [2.24, 2.45) is 5.92 Å². The normalized spacial score (nSPS) is 21.8. The summed E-state index contributed by atoms with van der Waals surface area (Å²) in [6.45, 7) is 5.93. The second-order valence-corrected chi connectivity index (χ2v) is 19.8. The van der Waals surface area contributed by atoms with Gasteiger partial charge >= 0.3 is 0 Å². The highest BCUT2D eigenvalue weighted by atomic mass is 32.1. The molecule has 1 spiro atoms. The SMILES string of the molecule is CC1CC=Cc2sc3c(-c4ccc5c(c4)C4(c6ccccc6OC6C=CC=CC64)c4ccc6ccccc6c4-5)nc(-c4ccc(P(C)(C)=O)cc4)nc3c21. The Hall–Kier alpha value is -5.35. The number of benzene rings is 5. The second kappa shape index (κ2) is 11.6. The van der Waals surface area contributed by atoms with E-state index in [0.29, 0.717) is 11.7 Å². The first-order chi connectivity index (χ1) is 26.3. The lowest BCUT2D eigenvalue weighted by Gasteiger charge is -2.47. The van der Waals surface area contributed by atoms with Gasteiger partial charge in [0.05, 0.1) is 21.3 Å². The standard InChI is InChI=1S/C48H37N2O2PS/c1-28-11-10-18-41-42(28)45-46(54-41)44(49-47(50-45)30-19-23-32(24-20-30)53(2,3)51)31-21-25-34-38(27-31)48(37-26-22-29-12-4-5-13-33(29)43(34)37)35-14-6-8-16-39(35)52-40-17-9-7-15-36(40)48/h4-10,12-28,35,39H,11H2,1-3H3. The molecule has 11 rings (SSSR count). The number of hydrogen-bond donors (Lipinski definition) is 0. The Balaban J connectivity index is 1.22. The molecule has 3 heterocycles. The molecule has 4 nitrogen and oxygen atoms in total. The van der Waals surface area contributed by atoms with Crippen LogP contribution in [0.5, 0.6) is 5.75 Å². The van der Waals surface area contributed by atoms with Gasteiger partial charge in [0.25, 0.3) is 0 Å². The summed E-state index contributed by atoms with van der Waals surface area (Å²) in [6.07, 6.45) is 14.3. The monoisotopic (exact) mass is 736 g/mol. The number of nitrogens with zero attached hydrogens (tertiary/aromatic N) is 2. The zero-order chi connectivity index (χ0) is 36.3. The summed E-state index contributed by atoms with van der Waals surface area (Å²) in [4.78, 5) is 12.0. The van der Waals surface area contributed by atoms with Crippen molar-refractivity contribution in [1.82, 2.24) is 9.97 Å². The van der Waals surface area contributed by atoms with Gasteiger partial charge in [-0.3, -0.25) is 0 Å². The Morgan fingerprint density at radius 2 is 1.61 bits per heavy atom. The zero-order valence-electron chi connectivity index (χ0n) is 30.3. The Morgan fingerprint density at radius 1 is 0.815 bits per heavy atom. The minimum absolute atomic E-state index is 0.0430. The van der Waals surface area contributed by atoms with Crippen LogP contribution < -0.4 is 10.0 Å². The lowest BCUT2D eigenvalue weighted by atomic mass is 9.60. The molecule has 5 aromatic carbocycles. The molecular formula is C48H37N2O2PS. The van der Waals surface area contributed by atoms with E-state index >= 15 is 0 Å². The average Bonchev–Trinajstić information content (AvgIpc) is 3.72.